The molecule has 3 heteroatoms. The van der Waals surface area contributed by atoms with E-state index in [1.54, 1.807) is 0 Å². The second-order valence-electron chi connectivity index (χ2n) is 7.52. The molecule has 1 aromatic rings. The molecule has 1 aliphatic carbocycles. The molecule has 3 nitrogen and oxygen atoms in total. The van der Waals surface area contributed by atoms with Gasteiger partial charge in [0, 0.05) is 12.6 Å². The highest BCUT2D eigenvalue weighted by Crippen LogP contribution is 2.52. The summed E-state index contributed by atoms with van der Waals surface area (Å²) < 4.78 is 5.51. The Morgan fingerprint density at radius 2 is 1.90 bits per heavy atom. The molecule has 0 N–H and O–H groups in total. The highest BCUT2D eigenvalue weighted by Gasteiger charge is 2.51. The summed E-state index contributed by atoms with van der Waals surface area (Å²) in [6, 6.07) is 9.67. The molecule has 0 radical (unpaired) electrons. The van der Waals surface area contributed by atoms with Crippen molar-refractivity contribution in [1.82, 2.24) is 4.90 Å². The van der Waals surface area contributed by atoms with E-state index in [4.69, 9.17) is 4.74 Å². The maximum Gasteiger partial charge on any atom is 0.415 e. The van der Waals surface area contributed by atoms with Crippen molar-refractivity contribution in [2.75, 3.05) is 6.54 Å². The number of carbonyl (C=O) groups excluding carboxylic acids is 1. The standard InChI is InChI=1S/C17H23NO2/c1-16(2)9-13-10-17(3,11-16)12-18(13)15(19)20-14-7-5-4-6-8-14/h4-8,13H,9-12H2,1-3H3. The van der Waals surface area contributed by atoms with E-state index in [9.17, 15) is 4.79 Å². The number of fused-ring (bicyclic) bond motifs is 2. The summed E-state index contributed by atoms with van der Waals surface area (Å²) in [5.74, 6) is 0.628. The SMILES string of the molecule is CC1(C)CC2CC(C)(CN2C(=O)Oc2ccccc2)C1. The molecule has 2 bridgehead atoms. The molecule has 1 saturated carbocycles. The van der Waals surface area contributed by atoms with Gasteiger partial charge in [-0.15, -0.1) is 0 Å². The zero-order chi connectivity index (χ0) is 14.4. The minimum atomic E-state index is -0.192. The summed E-state index contributed by atoms with van der Waals surface area (Å²) in [5.41, 5.74) is 0.571. The highest BCUT2D eigenvalue weighted by molar-refractivity contribution is 5.71. The molecule has 0 aromatic heterocycles. The van der Waals surface area contributed by atoms with Crippen molar-refractivity contribution in [1.29, 1.82) is 0 Å². The largest absolute Gasteiger partial charge is 0.415 e. The van der Waals surface area contributed by atoms with Gasteiger partial charge in [0.25, 0.3) is 0 Å². The summed E-state index contributed by atoms with van der Waals surface area (Å²) in [6.07, 6.45) is 3.18. The van der Waals surface area contributed by atoms with E-state index >= 15 is 0 Å². The van der Waals surface area contributed by atoms with Crippen LogP contribution in [0.5, 0.6) is 5.75 Å². The predicted molar refractivity (Wildman–Crippen MR) is 78.7 cm³/mol. The molecular weight excluding hydrogens is 250 g/mol. The van der Waals surface area contributed by atoms with E-state index in [2.05, 4.69) is 20.8 Å². The number of nitrogens with zero attached hydrogens (tertiary/aromatic N) is 1. The second kappa shape index (κ2) is 4.51. The Morgan fingerprint density at radius 1 is 1.20 bits per heavy atom. The first-order chi connectivity index (χ1) is 9.37. The van der Waals surface area contributed by atoms with Crippen LogP contribution in [0.2, 0.25) is 0 Å². The monoisotopic (exact) mass is 273 g/mol. The average molecular weight is 273 g/mol. The number of hydrogen-bond donors (Lipinski definition) is 0. The molecule has 2 atom stereocenters. The summed E-state index contributed by atoms with van der Waals surface area (Å²) in [5, 5.41) is 0. The molecule has 3 rings (SSSR count). The fourth-order valence-electron chi connectivity index (χ4n) is 4.32. The predicted octanol–water partition coefficient (Wildman–Crippen LogP) is 4.09. The van der Waals surface area contributed by atoms with Gasteiger partial charge < -0.3 is 9.64 Å². The number of rotatable bonds is 1. The minimum absolute atomic E-state index is 0.192. The number of ether oxygens (including phenoxy) is 1. The summed E-state index contributed by atoms with van der Waals surface area (Å²) in [6.45, 7) is 7.75. The van der Waals surface area contributed by atoms with Gasteiger partial charge >= 0.3 is 6.09 Å². The summed E-state index contributed by atoms with van der Waals surface area (Å²) in [7, 11) is 0. The van der Waals surface area contributed by atoms with Crippen molar-refractivity contribution in [3.8, 4) is 5.75 Å². The molecule has 108 valence electrons. The molecule has 1 aliphatic heterocycles. The van der Waals surface area contributed by atoms with Crippen LogP contribution in [-0.4, -0.2) is 23.6 Å². The molecule has 2 fully saturated rings. The Balaban J connectivity index is 1.74. The Labute approximate surface area is 120 Å². The van der Waals surface area contributed by atoms with Crippen LogP contribution in [0.15, 0.2) is 30.3 Å². The molecule has 20 heavy (non-hydrogen) atoms. The van der Waals surface area contributed by atoms with E-state index in [-0.39, 0.29) is 11.5 Å². The zero-order valence-electron chi connectivity index (χ0n) is 12.6. The van der Waals surface area contributed by atoms with Crippen LogP contribution in [0.25, 0.3) is 0 Å². The lowest BCUT2D eigenvalue weighted by atomic mass is 9.65. The molecule has 1 heterocycles. The first-order valence-electron chi connectivity index (χ1n) is 7.41. The fraction of sp³-hybridized carbons (Fsp3) is 0.588. The Kier molecular flexibility index (Phi) is 3.03. The zero-order valence-corrected chi connectivity index (χ0v) is 12.6. The van der Waals surface area contributed by atoms with Gasteiger partial charge in [0.05, 0.1) is 0 Å². The number of benzene rings is 1. The quantitative estimate of drug-likeness (QED) is 0.771. The summed E-state index contributed by atoms with van der Waals surface area (Å²) >= 11 is 0. The van der Waals surface area contributed by atoms with Crippen molar-refractivity contribution in [3.05, 3.63) is 30.3 Å². The third-order valence-corrected chi connectivity index (χ3v) is 4.60. The van der Waals surface area contributed by atoms with Gasteiger partial charge in [-0.1, -0.05) is 39.0 Å². The van der Waals surface area contributed by atoms with Gasteiger partial charge in [-0.2, -0.15) is 0 Å². The Hall–Kier alpha value is -1.51. The van der Waals surface area contributed by atoms with Crippen molar-refractivity contribution >= 4 is 6.09 Å². The third kappa shape index (κ3) is 2.54. The lowest BCUT2D eigenvalue weighted by molar-refractivity contribution is 0.121. The van der Waals surface area contributed by atoms with Gasteiger partial charge in [0.2, 0.25) is 0 Å². The van der Waals surface area contributed by atoms with E-state index in [0.29, 0.717) is 17.2 Å². The van der Waals surface area contributed by atoms with Crippen molar-refractivity contribution in [2.45, 2.75) is 46.1 Å². The van der Waals surface area contributed by atoms with Gasteiger partial charge in [-0.25, -0.2) is 4.79 Å². The highest BCUT2D eigenvalue weighted by atomic mass is 16.6. The lowest BCUT2D eigenvalue weighted by Crippen LogP contribution is -2.39. The van der Waals surface area contributed by atoms with E-state index in [1.165, 1.54) is 6.42 Å². The van der Waals surface area contributed by atoms with Crippen molar-refractivity contribution < 1.29 is 9.53 Å². The van der Waals surface area contributed by atoms with Crippen molar-refractivity contribution in [3.63, 3.8) is 0 Å². The van der Waals surface area contributed by atoms with E-state index < -0.39 is 0 Å². The molecule has 2 aliphatic rings. The molecular formula is C17H23NO2. The van der Waals surface area contributed by atoms with Crippen LogP contribution < -0.4 is 4.74 Å². The van der Waals surface area contributed by atoms with Crippen LogP contribution >= 0.6 is 0 Å². The van der Waals surface area contributed by atoms with Crippen LogP contribution in [0, 0.1) is 10.8 Å². The maximum absolute atomic E-state index is 12.4. The van der Waals surface area contributed by atoms with Gasteiger partial charge in [-0.3, -0.25) is 0 Å². The van der Waals surface area contributed by atoms with E-state index in [0.717, 1.165) is 19.4 Å². The molecule has 2 unspecified atom stereocenters. The first kappa shape index (κ1) is 13.5. The maximum atomic E-state index is 12.4. The van der Waals surface area contributed by atoms with Gasteiger partial charge in [0.1, 0.15) is 5.75 Å². The number of carbonyl (C=O) groups is 1. The second-order valence-corrected chi connectivity index (χ2v) is 7.52. The normalized spacial score (nSPS) is 31.1. The van der Waals surface area contributed by atoms with Crippen LogP contribution in [0.4, 0.5) is 4.79 Å². The van der Waals surface area contributed by atoms with Crippen LogP contribution in [0.1, 0.15) is 40.0 Å². The molecule has 1 saturated heterocycles. The smallest absolute Gasteiger partial charge is 0.410 e. The molecule has 0 spiro atoms. The molecule has 1 aromatic carbocycles. The number of para-hydroxylation sites is 1. The number of likely N-dealkylation sites (tertiary alicyclic amines) is 1. The van der Waals surface area contributed by atoms with Gasteiger partial charge in [0.15, 0.2) is 0 Å². The van der Waals surface area contributed by atoms with Crippen LogP contribution in [-0.2, 0) is 0 Å². The topological polar surface area (TPSA) is 29.5 Å². The van der Waals surface area contributed by atoms with E-state index in [1.807, 2.05) is 35.2 Å². The molecule has 1 amide bonds. The van der Waals surface area contributed by atoms with Crippen LogP contribution in [0.3, 0.4) is 0 Å². The third-order valence-electron chi connectivity index (χ3n) is 4.60. The number of hydrogen-bond acceptors (Lipinski definition) is 2. The van der Waals surface area contributed by atoms with Gasteiger partial charge in [-0.05, 0) is 42.2 Å². The average Bonchev–Trinajstić information content (AvgIpc) is 2.60. The number of amides is 1. The Morgan fingerprint density at radius 3 is 2.60 bits per heavy atom. The summed E-state index contributed by atoms with van der Waals surface area (Å²) in [4.78, 5) is 14.4. The van der Waals surface area contributed by atoms with Crippen molar-refractivity contribution in [2.24, 2.45) is 10.8 Å². The lowest BCUT2D eigenvalue weighted by Gasteiger charge is -2.39. The Bertz CT molecular complexity index is 511. The minimum Gasteiger partial charge on any atom is -0.410 e. The first-order valence-corrected chi connectivity index (χ1v) is 7.41. The fourth-order valence-corrected chi connectivity index (χ4v) is 4.32.